The number of hydrogen-bond acceptors (Lipinski definition) is 11. The van der Waals surface area contributed by atoms with Crippen LogP contribution in [0.5, 0.6) is 5.75 Å². The number of hydrogen-bond donors (Lipinski definition) is 2. The second kappa shape index (κ2) is 11.0. The van der Waals surface area contributed by atoms with E-state index in [1.165, 1.54) is 5.56 Å². The molecular weight excluding hydrogens is 490 g/mol. The zero-order valence-electron chi connectivity index (χ0n) is 21.4. The number of aromatic nitrogens is 3. The number of ether oxygens (including phenoxy) is 2. The number of aryl methyl sites for hydroxylation is 1. The Labute approximate surface area is 221 Å². The third-order valence-corrected chi connectivity index (χ3v) is 8.31. The number of anilines is 2. The highest BCUT2D eigenvalue weighted by molar-refractivity contribution is 7.18. The first-order valence-corrected chi connectivity index (χ1v) is 14.0. The van der Waals surface area contributed by atoms with Gasteiger partial charge in [-0.05, 0) is 25.8 Å². The van der Waals surface area contributed by atoms with Crippen LogP contribution in [0.15, 0.2) is 18.5 Å². The first kappa shape index (κ1) is 24.7. The number of morpholine rings is 1. The van der Waals surface area contributed by atoms with E-state index in [1.54, 1.807) is 23.7 Å². The van der Waals surface area contributed by atoms with E-state index >= 15 is 0 Å². The fourth-order valence-corrected chi connectivity index (χ4v) is 6.42. The van der Waals surface area contributed by atoms with E-state index in [9.17, 15) is 5.11 Å². The molecule has 1 aromatic carbocycles. The van der Waals surface area contributed by atoms with Gasteiger partial charge in [0.1, 0.15) is 29.6 Å². The zero-order valence-corrected chi connectivity index (χ0v) is 22.2. The maximum absolute atomic E-state index is 10.3. The van der Waals surface area contributed by atoms with Gasteiger partial charge in [0, 0.05) is 57.4 Å². The molecule has 5 heterocycles. The van der Waals surface area contributed by atoms with Crippen LogP contribution in [0.3, 0.4) is 0 Å². The predicted octanol–water partition coefficient (Wildman–Crippen LogP) is 2.14. The van der Waals surface area contributed by atoms with Crippen LogP contribution in [0.2, 0.25) is 0 Å². The van der Waals surface area contributed by atoms with Gasteiger partial charge in [-0.15, -0.1) is 11.3 Å². The highest BCUT2D eigenvalue weighted by atomic mass is 32.1. The largest absolute Gasteiger partial charge is 0.508 e. The van der Waals surface area contributed by atoms with Crippen molar-refractivity contribution in [3.05, 3.63) is 34.7 Å². The fraction of sp³-hybridized carbons (Fsp3) is 0.577. The molecule has 198 valence electrons. The summed E-state index contributed by atoms with van der Waals surface area (Å²) < 4.78 is 12.8. The number of phenols is 1. The lowest BCUT2D eigenvalue weighted by Gasteiger charge is -2.39. The number of benzene rings is 1. The summed E-state index contributed by atoms with van der Waals surface area (Å²) in [5.74, 6) is 1.27. The smallest absolute Gasteiger partial charge is 0.143 e. The summed E-state index contributed by atoms with van der Waals surface area (Å²) >= 11 is 1.61. The van der Waals surface area contributed by atoms with Crippen LogP contribution >= 0.6 is 11.3 Å². The van der Waals surface area contributed by atoms with Crippen molar-refractivity contribution in [3.8, 4) is 5.75 Å². The van der Waals surface area contributed by atoms with Gasteiger partial charge in [0.05, 0.1) is 47.5 Å². The molecule has 0 saturated carbocycles. The van der Waals surface area contributed by atoms with Gasteiger partial charge in [-0.25, -0.2) is 15.0 Å². The summed E-state index contributed by atoms with van der Waals surface area (Å²) in [6.07, 6.45) is 3.48. The maximum atomic E-state index is 10.3. The van der Waals surface area contributed by atoms with Crippen LogP contribution in [-0.4, -0.2) is 96.8 Å². The SMILES string of the molecule is Cc1nc2c(N3CCc4c(ncnc4N4CCNCC4OCCCN4CCOCC4)C3)cc(O)cc2s1. The Morgan fingerprint density at radius 3 is 2.97 bits per heavy atom. The summed E-state index contributed by atoms with van der Waals surface area (Å²) in [7, 11) is 0. The molecule has 6 rings (SSSR count). The molecule has 3 aliphatic heterocycles. The molecule has 2 fully saturated rings. The minimum atomic E-state index is -0.0425. The van der Waals surface area contributed by atoms with Crippen molar-refractivity contribution >= 4 is 33.1 Å². The molecular formula is C26H35N7O3S. The Bertz CT molecular complexity index is 1230. The molecule has 2 saturated heterocycles. The molecule has 11 heteroatoms. The molecule has 3 aliphatic rings. The molecule has 2 aromatic heterocycles. The fourth-order valence-electron chi connectivity index (χ4n) is 5.54. The van der Waals surface area contributed by atoms with Crippen molar-refractivity contribution in [1.82, 2.24) is 25.2 Å². The number of thiazole rings is 1. The quantitative estimate of drug-likeness (QED) is 0.447. The van der Waals surface area contributed by atoms with Gasteiger partial charge in [0.15, 0.2) is 0 Å². The van der Waals surface area contributed by atoms with Crippen LogP contribution < -0.4 is 15.1 Å². The van der Waals surface area contributed by atoms with E-state index in [0.717, 1.165) is 111 Å². The number of piperazine rings is 1. The van der Waals surface area contributed by atoms with E-state index in [-0.39, 0.29) is 12.0 Å². The Morgan fingerprint density at radius 1 is 1.19 bits per heavy atom. The monoisotopic (exact) mass is 525 g/mol. The van der Waals surface area contributed by atoms with Gasteiger partial charge >= 0.3 is 0 Å². The highest BCUT2D eigenvalue weighted by Crippen LogP contribution is 2.37. The predicted molar refractivity (Wildman–Crippen MR) is 145 cm³/mol. The third-order valence-electron chi connectivity index (χ3n) is 7.39. The minimum absolute atomic E-state index is 0.0425. The van der Waals surface area contributed by atoms with Gasteiger partial charge in [-0.1, -0.05) is 0 Å². The molecule has 2 N–H and O–H groups in total. The number of fused-ring (bicyclic) bond motifs is 2. The lowest BCUT2D eigenvalue weighted by molar-refractivity contribution is 0.0170. The van der Waals surface area contributed by atoms with E-state index in [1.807, 2.05) is 13.0 Å². The molecule has 10 nitrogen and oxygen atoms in total. The molecule has 37 heavy (non-hydrogen) atoms. The second-order valence-electron chi connectivity index (χ2n) is 9.87. The number of aromatic hydroxyl groups is 1. The molecule has 1 unspecified atom stereocenters. The van der Waals surface area contributed by atoms with Crippen LogP contribution in [0, 0.1) is 6.92 Å². The minimum Gasteiger partial charge on any atom is -0.508 e. The van der Waals surface area contributed by atoms with Crippen LogP contribution in [0.4, 0.5) is 11.5 Å². The number of nitrogens with one attached hydrogen (secondary N) is 1. The average molecular weight is 526 g/mol. The van der Waals surface area contributed by atoms with Gasteiger partial charge in [-0.3, -0.25) is 4.90 Å². The summed E-state index contributed by atoms with van der Waals surface area (Å²) in [6.45, 7) is 11.5. The molecule has 0 spiro atoms. The van der Waals surface area contributed by atoms with Crippen molar-refractivity contribution in [2.75, 3.05) is 75.4 Å². The lowest BCUT2D eigenvalue weighted by Crippen LogP contribution is -2.53. The summed E-state index contributed by atoms with van der Waals surface area (Å²) in [4.78, 5) is 21.2. The maximum Gasteiger partial charge on any atom is 0.143 e. The first-order chi connectivity index (χ1) is 18.2. The van der Waals surface area contributed by atoms with Crippen molar-refractivity contribution < 1.29 is 14.6 Å². The Balaban J connectivity index is 1.16. The molecule has 0 aliphatic carbocycles. The van der Waals surface area contributed by atoms with E-state index in [2.05, 4.69) is 25.0 Å². The first-order valence-electron chi connectivity index (χ1n) is 13.2. The van der Waals surface area contributed by atoms with Crippen LogP contribution in [-0.2, 0) is 22.4 Å². The Hall–Kier alpha value is -2.57. The van der Waals surface area contributed by atoms with Crippen molar-refractivity contribution in [3.63, 3.8) is 0 Å². The molecule has 0 bridgehead atoms. The summed E-state index contributed by atoms with van der Waals surface area (Å²) in [5.41, 5.74) is 4.15. The van der Waals surface area contributed by atoms with Gasteiger partial charge in [0.25, 0.3) is 0 Å². The second-order valence-corrected chi connectivity index (χ2v) is 11.1. The average Bonchev–Trinajstić information content (AvgIpc) is 3.30. The van der Waals surface area contributed by atoms with Gasteiger partial charge < -0.3 is 29.7 Å². The summed E-state index contributed by atoms with van der Waals surface area (Å²) in [5, 5.41) is 14.8. The van der Waals surface area contributed by atoms with Crippen LogP contribution in [0.1, 0.15) is 22.7 Å². The van der Waals surface area contributed by atoms with Crippen molar-refractivity contribution in [2.45, 2.75) is 32.5 Å². The number of phenolic OH excluding ortho intramolecular Hbond substituents is 1. The number of rotatable bonds is 7. The zero-order chi connectivity index (χ0) is 25.2. The van der Waals surface area contributed by atoms with Crippen LogP contribution in [0.25, 0.3) is 10.2 Å². The van der Waals surface area contributed by atoms with E-state index in [4.69, 9.17) is 19.4 Å². The van der Waals surface area contributed by atoms with Crippen molar-refractivity contribution in [2.24, 2.45) is 0 Å². The molecule has 3 aromatic rings. The molecule has 1 atom stereocenters. The number of nitrogens with zero attached hydrogens (tertiary/aromatic N) is 6. The van der Waals surface area contributed by atoms with Gasteiger partial charge in [-0.2, -0.15) is 0 Å². The van der Waals surface area contributed by atoms with Crippen molar-refractivity contribution in [1.29, 1.82) is 0 Å². The lowest BCUT2D eigenvalue weighted by atomic mass is 10.0. The van der Waals surface area contributed by atoms with Gasteiger partial charge in [0.2, 0.25) is 0 Å². The topological polar surface area (TPSA) is 99.1 Å². The molecule has 0 amide bonds. The third kappa shape index (κ3) is 5.37. The Morgan fingerprint density at radius 2 is 2.08 bits per heavy atom. The van der Waals surface area contributed by atoms with E-state index in [0.29, 0.717) is 6.54 Å². The molecule has 0 radical (unpaired) electrons. The van der Waals surface area contributed by atoms with E-state index < -0.39 is 0 Å². The summed E-state index contributed by atoms with van der Waals surface area (Å²) in [6, 6.07) is 3.62. The Kier molecular flexibility index (Phi) is 7.39. The standard InChI is InChI=1S/C26H35N7O3S/c1-18-30-25-22(13-19(34)14-23(25)37-18)32-6-3-20-21(16-32)28-17-29-26(20)33-7-4-27-15-24(33)36-10-2-5-31-8-11-35-12-9-31/h13-14,17,24,27,34H,2-12,15-16H2,1H3. The normalized spacial score (nSPS) is 20.9. The highest BCUT2D eigenvalue weighted by Gasteiger charge is 2.30.